The number of rotatable bonds is 0. The average molecular weight is 151 g/mol. The SMILES string of the molecule is O.O.[Co].[Fe+2]. The number of hydrogen-bond donors (Lipinski definition) is 0. The molecule has 2 nitrogen and oxygen atoms in total. The Kier molecular flexibility index (Phi) is 823. The van der Waals surface area contributed by atoms with Crippen LogP contribution in [-0.2, 0) is 33.8 Å². The van der Waals surface area contributed by atoms with Gasteiger partial charge in [0.1, 0.15) is 0 Å². The minimum absolute atomic E-state index is 0. The molecule has 0 aliphatic carbocycles. The number of hydrogen-bond acceptors (Lipinski definition) is 0. The molecule has 0 saturated carbocycles. The third-order valence-electron chi connectivity index (χ3n) is 0. The minimum Gasteiger partial charge on any atom is -0.412 e. The fraction of sp³-hybridized carbons (Fsp3) is 0. The van der Waals surface area contributed by atoms with Crippen molar-refractivity contribution < 1.29 is 44.8 Å². The zero-order chi connectivity index (χ0) is 0. The average Bonchev–Trinajstić information content (AvgIpc) is 0. The molecule has 4 heavy (non-hydrogen) atoms. The second-order valence-corrected chi connectivity index (χ2v) is 0. The quantitative estimate of drug-likeness (QED) is 0.372. The van der Waals surface area contributed by atoms with Gasteiger partial charge in [0.2, 0.25) is 0 Å². The molecule has 0 aromatic carbocycles. The normalized spacial score (nSPS) is 0. The van der Waals surface area contributed by atoms with Crippen molar-refractivity contribution in [2.24, 2.45) is 0 Å². The summed E-state index contributed by atoms with van der Waals surface area (Å²) in [4.78, 5) is 0. The van der Waals surface area contributed by atoms with Crippen LogP contribution >= 0.6 is 0 Å². The van der Waals surface area contributed by atoms with Gasteiger partial charge in [-0.25, -0.2) is 0 Å². The smallest absolute Gasteiger partial charge is 0.412 e. The molecule has 0 amide bonds. The van der Waals surface area contributed by atoms with Crippen molar-refractivity contribution in [3.8, 4) is 0 Å². The van der Waals surface area contributed by atoms with Crippen LogP contribution in [0.2, 0.25) is 0 Å². The van der Waals surface area contributed by atoms with E-state index in [4.69, 9.17) is 0 Å². The maximum atomic E-state index is 0. The molecular weight excluding hydrogens is 147 g/mol. The summed E-state index contributed by atoms with van der Waals surface area (Å²) < 4.78 is 0. The van der Waals surface area contributed by atoms with E-state index in [0.717, 1.165) is 0 Å². The van der Waals surface area contributed by atoms with Crippen LogP contribution in [0.1, 0.15) is 0 Å². The molecule has 0 spiro atoms. The van der Waals surface area contributed by atoms with Gasteiger partial charge < -0.3 is 11.0 Å². The summed E-state index contributed by atoms with van der Waals surface area (Å²) in [6.07, 6.45) is 0. The van der Waals surface area contributed by atoms with E-state index in [9.17, 15) is 0 Å². The van der Waals surface area contributed by atoms with Gasteiger partial charge in [0.05, 0.1) is 0 Å². The van der Waals surface area contributed by atoms with Crippen molar-refractivity contribution in [3.05, 3.63) is 0 Å². The van der Waals surface area contributed by atoms with Crippen LogP contribution in [0.3, 0.4) is 0 Å². The van der Waals surface area contributed by atoms with E-state index in [1.807, 2.05) is 0 Å². The Labute approximate surface area is 45.2 Å². The van der Waals surface area contributed by atoms with Crippen molar-refractivity contribution in [2.45, 2.75) is 0 Å². The van der Waals surface area contributed by atoms with Gasteiger partial charge in [0.25, 0.3) is 0 Å². The van der Waals surface area contributed by atoms with E-state index in [2.05, 4.69) is 0 Å². The summed E-state index contributed by atoms with van der Waals surface area (Å²) in [5.74, 6) is 0. The van der Waals surface area contributed by atoms with Crippen molar-refractivity contribution in [2.75, 3.05) is 0 Å². The van der Waals surface area contributed by atoms with Crippen LogP contribution in [0.4, 0.5) is 0 Å². The van der Waals surface area contributed by atoms with Crippen molar-refractivity contribution >= 4 is 0 Å². The standard InChI is InChI=1S/Co.Fe.2H2O/h;;2*1H2/q;+2;;. The summed E-state index contributed by atoms with van der Waals surface area (Å²) in [7, 11) is 0. The van der Waals surface area contributed by atoms with Gasteiger partial charge in [-0.3, -0.25) is 0 Å². The molecule has 0 heterocycles. The largest absolute Gasteiger partial charge is 2.00 e. The second kappa shape index (κ2) is 38.3. The zero-order valence-corrected chi connectivity index (χ0v) is 3.83. The topological polar surface area (TPSA) is 63.0 Å². The first-order chi connectivity index (χ1) is 0. The Bertz CT molecular complexity index is 6.00. The summed E-state index contributed by atoms with van der Waals surface area (Å²) in [5, 5.41) is 0. The minimum atomic E-state index is 0. The Morgan fingerprint density at radius 3 is 0.750 bits per heavy atom. The second-order valence-electron chi connectivity index (χ2n) is 0. The van der Waals surface area contributed by atoms with Crippen LogP contribution in [0, 0.1) is 0 Å². The van der Waals surface area contributed by atoms with Gasteiger partial charge in [0, 0.05) is 16.8 Å². The fourth-order valence-corrected chi connectivity index (χ4v) is 0. The van der Waals surface area contributed by atoms with Crippen molar-refractivity contribution in [1.29, 1.82) is 0 Å². The van der Waals surface area contributed by atoms with Crippen molar-refractivity contribution in [1.82, 2.24) is 0 Å². The van der Waals surface area contributed by atoms with Crippen LogP contribution in [0.25, 0.3) is 0 Å². The first kappa shape index (κ1) is 86.1. The Hall–Kier alpha value is 0.946. The molecule has 0 unspecified atom stereocenters. The molecule has 0 aromatic rings. The molecule has 4 N–H and O–H groups in total. The molecule has 1 radical (unpaired) electrons. The van der Waals surface area contributed by atoms with Crippen LogP contribution in [0.15, 0.2) is 0 Å². The van der Waals surface area contributed by atoms with E-state index >= 15 is 0 Å². The first-order valence-electron chi connectivity index (χ1n) is 0. The molecule has 0 rings (SSSR count). The molecule has 0 aliphatic rings. The fourth-order valence-electron chi connectivity index (χ4n) is 0. The Morgan fingerprint density at radius 2 is 0.750 bits per heavy atom. The van der Waals surface area contributed by atoms with Gasteiger partial charge in [0.15, 0.2) is 0 Å². The van der Waals surface area contributed by atoms with Crippen LogP contribution in [0.5, 0.6) is 0 Å². The molecule has 0 aliphatic heterocycles. The van der Waals surface area contributed by atoms with Crippen LogP contribution in [-0.4, -0.2) is 11.0 Å². The summed E-state index contributed by atoms with van der Waals surface area (Å²) in [6.45, 7) is 0. The monoisotopic (exact) mass is 151 g/mol. The molecule has 0 aromatic heterocycles. The molecule has 31 valence electrons. The van der Waals surface area contributed by atoms with Gasteiger partial charge in [-0.1, -0.05) is 0 Å². The van der Waals surface area contributed by atoms with Gasteiger partial charge in [-0.15, -0.1) is 0 Å². The third-order valence-corrected chi connectivity index (χ3v) is 0. The van der Waals surface area contributed by atoms with E-state index in [0.29, 0.717) is 0 Å². The zero-order valence-electron chi connectivity index (χ0n) is 1.69. The van der Waals surface area contributed by atoms with Gasteiger partial charge >= 0.3 is 17.1 Å². The van der Waals surface area contributed by atoms with E-state index in [1.165, 1.54) is 0 Å². The molecule has 0 bridgehead atoms. The molecule has 0 atom stereocenters. The first-order valence-corrected chi connectivity index (χ1v) is 0. The predicted octanol–water partition coefficient (Wildman–Crippen LogP) is -1.65. The maximum absolute atomic E-state index is 0. The van der Waals surface area contributed by atoms with E-state index in [-0.39, 0.29) is 44.8 Å². The Morgan fingerprint density at radius 1 is 0.750 bits per heavy atom. The predicted molar refractivity (Wildman–Crippen MR) is 7.23 cm³/mol. The van der Waals surface area contributed by atoms with Crippen LogP contribution < -0.4 is 0 Å². The van der Waals surface area contributed by atoms with Gasteiger partial charge in [-0.05, 0) is 0 Å². The van der Waals surface area contributed by atoms with Gasteiger partial charge in [-0.2, -0.15) is 0 Å². The molecular formula is H4CoFeO2+2. The molecule has 0 fully saturated rings. The maximum Gasteiger partial charge on any atom is 2.00 e. The van der Waals surface area contributed by atoms with E-state index in [1.54, 1.807) is 0 Å². The summed E-state index contributed by atoms with van der Waals surface area (Å²) >= 11 is 0. The summed E-state index contributed by atoms with van der Waals surface area (Å²) in [6, 6.07) is 0. The third kappa shape index (κ3) is 12.5. The molecule has 0 saturated heterocycles. The Balaban J connectivity index is 0. The van der Waals surface area contributed by atoms with Crippen molar-refractivity contribution in [3.63, 3.8) is 0 Å². The molecule has 4 heteroatoms. The summed E-state index contributed by atoms with van der Waals surface area (Å²) in [5.41, 5.74) is 0. The van der Waals surface area contributed by atoms with E-state index < -0.39 is 0 Å².